The molecule has 21 heavy (non-hydrogen) atoms. The molecular weight excluding hydrogens is 276 g/mol. The van der Waals surface area contributed by atoms with Gasteiger partial charge < -0.3 is 14.6 Å². The van der Waals surface area contributed by atoms with Crippen molar-refractivity contribution in [1.29, 1.82) is 0 Å². The second kappa shape index (κ2) is 5.62. The zero-order chi connectivity index (χ0) is 15.6. The third kappa shape index (κ3) is 3.00. The number of carboxylic acid groups (broad SMARTS) is 1. The van der Waals surface area contributed by atoms with Crippen LogP contribution in [-0.2, 0) is 9.59 Å². The van der Waals surface area contributed by atoms with E-state index in [1.54, 1.807) is 24.3 Å². The highest BCUT2D eigenvalue weighted by Crippen LogP contribution is 2.37. The number of hydrogen-bond donors (Lipinski definition) is 1. The minimum absolute atomic E-state index is 0.0681. The van der Waals surface area contributed by atoms with Gasteiger partial charge >= 0.3 is 17.9 Å². The van der Waals surface area contributed by atoms with Crippen LogP contribution >= 0.6 is 0 Å². The molecule has 0 aliphatic rings. The zero-order valence-electron chi connectivity index (χ0n) is 11.4. The first-order valence-electron chi connectivity index (χ1n) is 6.06. The van der Waals surface area contributed by atoms with Crippen LogP contribution in [0, 0.1) is 0 Å². The Morgan fingerprint density at radius 3 is 2.05 bits per heavy atom. The number of ether oxygens (including phenoxy) is 2. The van der Waals surface area contributed by atoms with Crippen LogP contribution in [0.2, 0.25) is 0 Å². The van der Waals surface area contributed by atoms with E-state index < -0.39 is 17.9 Å². The Labute approximate surface area is 119 Å². The molecule has 0 radical (unpaired) electrons. The number of hydrogen-bond acceptors (Lipinski definition) is 5. The van der Waals surface area contributed by atoms with E-state index in [1.165, 1.54) is 19.9 Å². The first-order chi connectivity index (χ1) is 9.90. The lowest BCUT2D eigenvalue weighted by molar-refractivity contribution is -0.132. The molecule has 108 valence electrons. The standard InChI is InChI=1S/C15H12O6/c1-8(16)20-13-7-12(15(18)19)14(21-9(2)17)11-6-4-3-5-10(11)13/h3-7H,1-2H3,(H,18,19). The van der Waals surface area contributed by atoms with Crippen molar-refractivity contribution in [1.82, 2.24) is 0 Å². The SMILES string of the molecule is CC(=O)Oc1cc(C(=O)O)c(OC(C)=O)c2ccccc12. The summed E-state index contributed by atoms with van der Waals surface area (Å²) in [6.45, 7) is 2.40. The number of carbonyl (C=O) groups is 3. The highest BCUT2D eigenvalue weighted by atomic mass is 16.5. The summed E-state index contributed by atoms with van der Waals surface area (Å²) < 4.78 is 10.1. The van der Waals surface area contributed by atoms with Crippen molar-refractivity contribution < 1.29 is 29.0 Å². The van der Waals surface area contributed by atoms with Crippen LogP contribution in [0.3, 0.4) is 0 Å². The highest BCUT2D eigenvalue weighted by Gasteiger charge is 2.20. The van der Waals surface area contributed by atoms with Crippen LogP contribution in [0.4, 0.5) is 0 Å². The van der Waals surface area contributed by atoms with Crippen LogP contribution in [-0.4, -0.2) is 23.0 Å². The van der Waals surface area contributed by atoms with Gasteiger partial charge in [-0.15, -0.1) is 0 Å². The van der Waals surface area contributed by atoms with E-state index in [4.69, 9.17) is 9.47 Å². The Morgan fingerprint density at radius 2 is 1.52 bits per heavy atom. The van der Waals surface area contributed by atoms with Gasteiger partial charge in [-0.05, 0) is 6.07 Å². The molecular formula is C15H12O6. The topological polar surface area (TPSA) is 89.9 Å². The lowest BCUT2D eigenvalue weighted by Gasteiger charge is -2.13. The van der Waals surface area contributed by atoms with Gasteiger partial charge in [-0.3, -0.25) is 9.59 Å². The Morgan fingerprint density at radius 1 is 0.952 bits per heavy atom. The smallest absolute Gasteiger partial charge is 0.339 e. The number of fused-ring (bicyclic) bond motifs is 1. The fourth-order valence-electron chi connectivity index (χ4n) is 1.97. The Balaban J connectivity index is 2.80. The summed E-state index contributed by atoms with van der Waals surface area (Å²) in [4.78, 5) is 33.7. The maximum atomic E-state index is 11.4. The number of benzene rings is 2. The predicted molar refractivity (Wildman–Crippen MR) is 73.5 cm³/mol. The quantitative estimate of drug-likeness (QED) is 0.689. The Kier molecular flexibility index (Phi) is 3.89. The van der Waals surface area contributed by atoms with Crippen molar-refractivity contribution in [2.75, 3.05) is 0 Å². The number of rotatable bonds is 3. The van der Waals surface area contributed by atoms with Crippen molar-refractivity contribution in [3.8, 4) is 11.5 Å². The maximum Gasteiger partial charge on any atom is 0.339 e. The van der Waals surface area contributed by atoms with Gasteiger partial charge in [-0.1, -0.05) is 24.3 Å². The lowest BCUT2D eigenvalue weighted by atomic mass is 10.0. The van der Waals surface area contributed by atoms with Crippen LogP contribution in [0.25, 0.3) is 10.8 Å². The third-order valence-electron chi connectivity index (χ3n) is 2.69. The normalized spacial score (nSPS) is 10.2. The van der Waals surface area contributed by atoms with Crippen LogP contribution < -0.4 is 9.47 Å². The third-order valence-corrected chi connectivity index (χ3v) is 2.69. The first kappa shape index (κ1) is 14.5. The van der Waals surface area contributed by atoms with Gasteiger partial charge in [-0.2, -0.15) is 0 Å². The first-order valence-corrected chi connectivity index (χ1v) is 6.06. The number of carbonyl (C=O) groups excluding carboxylic acids is 2. The molecule has 0 bridgehead atoms. The second-order valence-electron chi connectivity index (χ2n) is 4.29. The van der Waals surface area contributed by atoms with Gasteiger partial charge in [0.25, 0.3) is 0 Å². The van der Waals surface area contributed by atoms with E-state index in [2.05, 4.69) is 0 Å². The van der Waals surface area contributed by atoms with Crippen molar-refractivity contribution in [2.24, 2.45) is 0 Å². The molecule has 0 amide bonds. The average Bonchev–Trinajstić information content (AvgIpc) is 2.40. The molecule has 2 aromatic carbocycles. The van der Waals surface area contributed by atoms with E-state index in [1.807, 2.05) is 0 Å². The molecule has 0 heterocycles. The molecule has 6 nitrogen and oxygen atoms in total. The molecule has 0 aliphatic carbocycles. The fraction of sp³-hybridized carbons (Fsp3) is 0.133. The summed E-state index contributed by atoms with van der Waals surface area (Å²) in [5.41, 5.74) is -0.250. The molecule has 0 aliphatic heterocycles. The Hall–Kier alpha value is -2.89. The van der Waals surface area contributed by atoms with Gasteiger partial charge in [0, 0.05) is 24.6 Å². The summed E-state index contributed by atoms with van der Waals surface area (Å²) >= 11 is 0. The summed E-state index contributed by atoms with van der Waals surface area (Å²) in [5.74, 6) is -2.46. The summed E-state index contributed by atoms with van der Waals surface area (Å²) in [6.07, 6.45) is 0. The average molecular weight is 288 g/mol. The Bertz CT molecular complexity index is 747. The lowest BCUT2D eigenvalue weighted by Crippen LogP contribution is -2.10. The molecule has 0 saturated heterocycles. The van der Waals surface area contributed by atoms with Crippen LogP contribution in [0.15, 0.2) is 30.3 Å². The summed E-state index contributed by atoms with van der Waals surface area (Å²) in [5, 5.41) is 10.1. The minimum atomic E-state index is -1.29. The molecule has 0 unspecified atom stereocenters. The zero-order valence-corrected chi connectivity index (χ0v) is 11.4. The van der Waals surface area contributed by atoms with Crippen molar-refractivity contribution in [3.63, 3.8) is 0 Å². The van der Waals surface area contributed by atoms with Crippen LogP contribution in [0.1, 0.15) is 24.2 Å². The van der Waals surface area contributed by atoms with Gasteiger partial charge in [0.2, 0.25) is 0 Å². The monoisotopic (exact) mass is 288 g/mol. The second-order valence-corrected chi connectivity index (χ2v) is 4.29. The van der Waals surface area contributed by atoms with Gasteiger partial charge in [0.15, 0.2) is 5.75 Å². The number of aromatic carboxylic acids is 1. The molecule has 2 aromatic rings. The molecule has 1 N–H and O–H groups in total. The molecule has 2 rings (SSSR count). The molecule has 0 fully saturated rings. The number of esters is 2. The van der Waals surface area contributed by atoms with Gasteiger partial charge in [0.05, 0.1) is 0 Å². The highest BCUT2D eigenvalue weighted by molar-refractivity contribution is 6.05. The molecule has 0 atom stereocenters. The maximum absolute atomic E-state index is 11.4. The molecule has 0 aromatic heterocycles. The van der Waals surface area contributed by atoms with E-state index in [0.29, 0.717) is 10.8 Å². The van der Waals surface area contributed by atoms with E-state index in [0.717, 1.165) is 0 Å². The van der Waals surface area contributed by atoms with Crippen molar-refractivity contribution in [3.05, 3.63) is 35.9 Å². The van der Waals surface area contributed by atoms with Crippen LogP contribution in [0.5, 0.6) is 11.5 Å². The minimum Gasteiger partial charge on any atom is -0.478 e. The molecule has 6 heteroatoms. The predicted octanol–water partition coefficient (Wildman–Crippen LogP) is 2.39. The van der Waals surface area contributed by atoms with E-state index in [9.17, 15) is 19.5 Å². The molecule has 0 spiro atoms. The van der Waals surface area contributed by atoms with Gasteiger partial charge in [0.1, 0.15) is 11.3 Å². The van der Waals surface area contributed by atoms with Crippen molar-refractivity contribution >= 4 is 28.7 Å². The van der Waals surface area contributed by atoms with Crippen molar-refractivity contribution in [2.45, 2.75) is 13.8 Å². The van der Waals surface area contributed by atoms with E-state index in [-0.39, 0.29) is 17.1 Å². The number of carboxylic acids is 1. The summed E-state index contributed by atoms with van der Waals surface area (Å²) in [6, 6.07) is 7.77. The molecule has 0 saturated carbocycles. The fourth-order valence-corrected chi connectivity index (χ4v) is 1.97. The van der Waals surface area contributed by atoms with E-state index >= 15 is 0 Å². The largest absolute Gasteiger partial charge is 0.478 e. The summed E-state index contributed by atoms with van der Waals surface area (Å²) in [7, 11) is 0. The van der Waals surface area contributed by atoms with Gasteiger partial charge in [-0.25, -0.2) is 4.79 Å².